The van der Waals surface area contributed by atoms with Gasteiger partial charge in [0.25, 0.3) is 5.69 Å². The average molecular weight is 353 g/mol. The fourth-order valence-corrected chi connectivity index (χ4v) is 2.85. The molecule has 132 valence electrons. The first-order chi connectivity index (χ1) is 12.7. The number of nitro groups is 1. The molecule has 0 fully saturated rings. The van der Waals surface area contributed by atoms with Crippen LogP contribution in [0.15, 0.2) is 41.5 Å². The molecule has 26 heavy (non-hydrogen) atoms. The number of nitrogens with one attached hydrogen (secondary N) is 1. The van der Waals surface area contributed by atoms with Gasteiger partial charge in [-0.3, -0.25) is 10.1 Å². The zero-order valence-electron chi connectivity index (χ0n) is 13.9. The molecule has 0 amide bonds. The second kappa shape index (κ2) is 6.36. The van der Waals surface area contributed by atoms with Crippen LogP contribution in [0.5, 0.6) is 11.5 Å². The Balaban J connectivity index is 1.64. The standard InChI is InChI=1S/C17H15N5O4/c1-2-21-13-6-4-3-5-12(13)19-17(21)20-18-9-11-7-15-16(26-10-25-15)8-14(11)22(23)24/h3-9H,2,10H2,1H3,(H,19,20)/b18-9-. The van der Waals surface area contributed by atoms with E-state index in [4.69, 9.17) is 9.47 Å². The number of hydrogen-bond donors (Lipinski definition) is 1. The van der Waals surface area contributed by atoms with Gasteiger partial charge in [-0.1, -0.05) is 12.1 Å². The lowest BCUT2D eigenvalue weighted by molar-refractivity contribution is -0.385. The highest BCUT2D eigenvalue weighted by Gasteiger charge is 2.22. The smallest absolute Gasteiger partial charge is 0.282 e. The van der Waals surface area contributed by atoms with E-state index in [1.807, 2.05) is 35.8 Å². The van der Waals surface area contributed by atoms with Crippen molar-refractivity contribution in [3.05, 3.63) is 52.1 Å². The van der Waals surface area contributed by atoms with Crippen LogP contribution in [-0.4, -0.2) is 27.5 Å². The predicted octanol–water partition coefficient (Wildman–Crippen LogP) is 3.14. The summed E-state index contributed by atoms with van der Waals surface area (Å²) in [5.74, 6) is 1.38. The minimum absolute atomic E-state index is 0.0475. The van der Waals surface area contributed by atoms with E-state index < -0.39 is 4.92 Å². The molecule has 0 aliphatic carbocycles. The van der Waals surface area contributed by atoms with Crippen molar-refractivity contribution >= 4 is 28.9 Å². The maximum absolute atomic E-state index is 11.3. The van der Waals surface area contributed by atoms with Gasteiger partial charge >= 0.3 is 0 Å². The van der Waals surface area contributed by atoms with Gasteiger partial charge in [-0.2, -0.15) is 5.10 Å². The maximum Gasteiger partial charge on any atom is 0.282 e. The lowest BCUT2D eigenvalue weighted by Crippen LogP contribution is -2.02. The van der Waals surface area contributed by atoms with Crippen LogP contribution < -0.4 is 14.9 Å². The largest absolute Gasteiger partial charge is 0.454 e. The van der Waals surface area contributed by atoms with Crippen LogP contribution in [0.1, 0.15) is 12.5 Å². The maximum atomic E-state index is 11.3. The number of nitro benzene ring substituents is 1. The van der Waals surface area contributed by atoms with Gasteiger partial charge in [-0.05, 0) is 25.1 Å². The van der Waals surface area contributed by atoms with E-state index >= 15 is 0 Å². The number of anilines is 1. The van der Waals surface area contributed by atoms with Crippen molar-refractivity contribution < 1.29 is 14.4 Å². The van der Waals surface area contributed by atoms with Gasteiger partial charge in [0.1, 0.15) is 0 Å². The molecule has 0 unspecified atom stereocenters. The van der Waals surface area contributed by atoms with E-state index in [9.17, 15) is 10.1 Å². The lowest BCUT2D eigenvalue weighted by Gasteiger charge is -2.04. The van der Waals surface area contributed by atoms with E-state index in [-0.39, 0.29) is 12.5 Å². The second-order valence-corrected chi connectivity index (χ2v) is 5.56. The number of rotatable bonds is 5. The highest BCUT2D eigenvalue weighted by Crippen LogP contribution is 2.37. The van der Waals surface area contributed by atoms with Gasteiger partial charge in [0.15, 0.2) is 11.5 Å². The zero-order chi connectivity index (χ0) is 18.1. The molecule has 0 saturated carbocycles. The third-order valence-corrected chi connectivity index (χ3v) is 4.06. The molecule has 3 aromatic rings. The van der Waals surface area contributed by atoms with Gasteiger partial charge in [-0.25, -0.2) is 10.4 Å². The summed E-state index contributed by atoms with van der Waals surface area (Å²) in [6, 6.07) is 10.6. The third kappa shape index (κ3) is 2.69. The van der Waals surface area contributed by atoms with Crippen molar-refractivity contribution in [2.24, 2.45) is 5.10 Å². The zero-order valence-corrected chi connectivity index (χ0v) is 13.9. The molecular weight excluding hydrogens is 338 g/mol. The molecule has 0 spiro atoms. The SMILES string of the molecule is CCn1c(N/N=C\c2cc3c(cc2[N+](=O)[O-])OCO3)nc2ccccc21. The Kier molecular flexibility index (Phi) is 3.88. The van der Waals surface area contributed by atoms with Crippen molar-refractivity contribution in [1.82, 2.24) is 9.55 Å². The van der Waals surface area contributed by atoms with E-state index in [2.05, 4.69) is 15.5 Å². The monoisotopic (exact) mass is 353 g/mol. The Labute approximate surface area is 148 Å². The van der Waals surface area contributed by atoms with Gasteiger partial charge in [0.2, 0.25) is 12.7 Å². The van der Waals surface area contributed by atoms with Gasteiger partial charge in [-0.15, -0.1) is 0 Å². The predicted molar refractivity (Wildman–Crippen MR) is 95.8 cm³/mol. The van der Waals surface area contributed by atoms with E-state index in [1.54, 1.807) is 0 Å². The molecule has 2 aromatic carbocycles. The quantitative estimate of drug-likeness (QED) is 0.429. The summed E-state index contributed by atoms with van der Waals surface area (Å²) in [7, 11) is 0. The summed E-state index contributed by atoms with van der Waals surface area (Å²) < 4.78 is 12.4. The molecular formula is C17H15N5O4. The van der Waals surface area contributed by atoms with Crippen molar-refractivity contribution in [1.29, 1.82) is 0 Å². The number of aryl methyl sites for hydroxylation is 1. The number of nitrogens with zero attached hydrogens (tertiary/aromatic N) is 4. The second-order valence-electron chi connectivity index (χ2n) is 5.56. The number of ether oxygens (including phenoxy) is 2. The van der Waals surface area contributed by atoms with Crippen LogP contribution >= 0.6 is 0 Å². The fourth-order valence-electron chi connectivity index (χ4n) is 2.85. The van der Waals surface area contributed by atoms with Crippen molar-refractivity contribution in [2.75, 3.05) is 12.2 Å². The Hall–Kier alpha value is -3.62. The van der Waals surface area contributed by atoms with Gasteiger partial charge in [0.05, 0.1) is 33.8 Å². The Morgan fingerprint density at radius 3 is 2.88 bits per heavy atom. The molecule has 0 radical (unpaired) electrons. The molecule has 9 nitrogen and oxygen atoms in total. The molecule has 1 aliphatic heterocycles. The molecule has 9 heteroatoms. The average Bonchev–Trinajstić information content (AvgIpc) is 3.23. The van der Waals surface area contributed by atoms with E-state index in [0.717, 1.165) is 11.0 Å². The van der Waals surface area contributed by atoms with Crippen LogP contribution in [0.2, 0.25) is 0 Å². The molecule has 0 saturated heterocycles. The minimum Gasteiger partial charge on any atom is -0.454 e. The molecule has 0 atom stereocenters. The molecule has 1 aliphatic rings. The molecule has 1 N–H and O–H groups in total. The van der Waals surface area contributed by atoms with Crippen LogP contribution in [-0.2, 0) is 6.54 Å². The van der Waals surface area contributed by atoms with Crippen molar-refractivity contribution in [3.63, 3.8) is 0 Å². The number of imidazole rings is 1. The van der Waals surface area contributed by atoms with Gasteiger partial charge < -0.3 is 14.0 Å². The number of benzene rings is 2. The van der Waals surface area contributed by atoms with Crippen molar-refractivity contribution in [3.8, 4) is 11.5 Å². The Morgan fingerprint density at radius 2 is 2.12 bits per heavy atom. The van der Waals surface area contributed by atoms with E-state index in [1.165, 1.54) is 18.3 Å². The number of fused-ring (bicyclic) bond motifs is 2. The summed E-state index contributed by atoms with van der Waals surface area (Å²) in [5.41, 5.74) is 4.90. The normalized spacial score (nSPS) is 12.8. The molecule has 0 bridgehead atoms. The minimum atomic E-state index is -0.482. The Bertz CT molecular complexity index is 1030. The van der Waals surface area contributed by atoms with E-state index in [0.29, 0.717) is 29.6 Å². The summed E-state index contributed by atoms with van der Waals surface area (Å²) >= 11 is 0. The van der Waals surface area contributed by atoms with Gasteiger partial charge in [0, 0.05) is 6.54 Å². The first kappa shape index (κ1) is 15.9. The topological polar surface area (TPSA) is 104 Å². The summed E-state index contributed by atoms with van der Waals surface area (Å²) in [6.45, 7) is 2.76. The van der Waals surface area contributed by atoms with Crippen LogP contribution in [0, 0.1) is 10.1 Å². The fraction of sp³-hybridized carbons (Fsp3) is 0.176. The van der Waals surface area contributed by atoms with Crippen LogP contribution in [0.25, 0.3) is 11.0 Å². The Morgan fingerprint density at radius 1 is 1.35 bits per heavy atom. The third-order valence-electron chi connectivity index (χ3n) is 4.06. The number of hydrazone groups is 1. The molecule has 4 rings (SSSR count). The summed E-state index contributed by atoms with van der Waals surface area (Å²) in [4.78, 5) is 15.3. The highest BCUT2D eigenvalue weighted by atomic mass is 16.7. The molecule has 2 heterocycles. The lowest BCUT2D eigenvalue weighted by atomic mass is 10.1. The number of hydrogen-bond acceptors (Lipinski definition) is 7. The summed E-state index contributed by atoms with van der Waals surface area (Å²) in [5, 5.41) is 15.4. The number of para-hydroxylation sites is 2. The van der Waals surface area contributed by atoms with Crippen molar-refractivity contribution in [2.45, 2.75) is 13.5 Å². The van der Waals surface area contributed by atoms with Crippen LogP contribution in [0.3, 0.4) is 0 Å². The summed E-state index contributed by atoms with van der Waals surface area (Å²) in [6.07, 6.45) is 1.37. The van der Waals surface area contributed by atoms with Crippen LogP contribution in [0.4, 0.5) is 11.6 Å². The molecule has 1 aromatic heterocycles. The number of aromatic nitrogens is 2. The highest BCUT2D eigenvalue weighted by molar-refractivity contribution is 5.87. The first-order valence-electron chi connectivity index (χ1n) is 7.99. The first-order valence-corrected chi connectivity index (χ1v) is 7.99.